The maximum Gasteiger partial charge on any atom is 0.0541 e. The zero-order valence-corrected chi connectivity index (χ0v) is 46.8. The van der Waals surface area contributed by atoms with Crippen molar-refractivity contribution in [3.63, 3.8) is 0 Å². The first-order valence-corrected chi connectivity index (χ1v) is 28.4. The fourth-order valence-electron chi connectivity index (χ4n) is 13.1. The normalized spacial score (nSPS) is 13.7. The summed E-state index contributed by atoms with van der Waals surface area (Å²) in [5.41, 5.74) is 27.9. The summed E-state index contributed by atoms with van der Waals surface area (Å²) >= 11 is 0. The summed E-state index contributed by atoms with van der Waals surface area (Å²) < 4.78 is 2.41. The van der Waals surface area contributed by atoms with E-state index in [2.05, 4.69) is 329 Å². The van der Waals surface area contributed by atoms with Gasteiger partial charge in [-0.2, -0.15) is 0 Å². The third-order valence-corrected chi connectivity index (χ3v) is 17.2. The second-order valence-corrected chi connectivity index (χ2v) is 23.2. The van der Waals surface area contributed by atoms with Crippen LogP contribution in [-0.2, 0) is 10.8 Å². The van der Waals surface area contributed by atoms with Gasteiger partial charge in [-0.25, -0.2) is 0 Å². The molecule has 0 unspecified atom stereocenters. The van der Waals surface area contributed by atoms with E-state index in [1.165, 1.54) is 88.6 Å². The number of hydrogen-bond donors (Lipinski definition) is 0. The van der Waals surface area contributed by atoms with Crippen molar-refractivity contribution in [1.29, 1.82) is 0 Å². The first-order chi connectivity index (χ1) is 39.5. The Morgan fingerprint density at radius 2 is 0.630 bits per heavy atom. The number of nitrogens with zero attached hydrogens (tertiary/aromatic N) is 3. The average Bonchev–Trinajstić information content (AvgIpc) is 3.72. The third-order valence-electron chi connectivity index (χ3n) is 17.2. The lowest BCUT2D eigenvalue weighted by atomic mass is 9.81. The number of rotatable bonds is 11. The van der Waals surface area contributed by atoms with Crippen molar-refractivity contribution in [2.75, 3.05) is 9.80 Å². The molecular weight excluding hydrogens is 979 g/mol. The van der Waals surface area contributed by atoms with Gasteiger partial charge >= 0.3 is 0 Å². The van der Waals surface area contributed by atoms with Crippen LogP contribution < -0.4 is 9.80 Å². The Morgan fingerprint density at radius 3 is 1.04 bits per heavy atom. The minimum atomic E-state index is -0.189. The van der Waals surface area contributed by atoms with Gasteiger partial charge in [-0.3, -0.25) is 0 Å². The van der Waals surface area contributed by atoms with E-state index >= 15 is 0 Å². The second kappa shape index (κ2) is 19.6. The van der Waals surface area contributed by atoms with Gasteiger partial charge in [0.1, 0.15) is 0 Å². The van der Waals surface area contributed by atoms with Crippen molar-refractivity contribution in [2.45, 2.75) is 52.4 Å². The minimum absolute atomic E-state index is 0.189. The van der Waals surface area contributed by atoms with Crippen LogP contribution in [0.3, 0.4) is 0 Å². The van der Waals surface area contributed by atoms with Crippen LogP contribution in [0.4, 0.5) is 34.1 Å². The van der Waals surface area contributed by atoms with Crippen molar-refractivity contribution < 1.29 is 0 Å². The molecule has 0 radical (unpaired) electrons. The van der Waals surface area contributed by atoms with Crippen LogP contribution in [0, 0.1) is 13.8 Å². The number of para-hydroxylation sites is 3. The molecule has 0 N–H and O–H groups in total. The molecule has 0 aliphatic heterocycles. The molecule has 2 aliphatic rings. The average molecular weight is 1040 g/mol. The standard InChI is InChI=1S/C78H63N3/c1-52-18-16-26-61(44-52)79(58-20-10-7-11-21-58)63-36-40-67-65-38-32-56(48-71(65)77(3,4)73(67)50-63)30-28-54-34-42-75-69(46-54)70-47-55(35-43-76(70)81(75)60-24-14-9-15-25-60)29-31-57-33-39-66-68-41-37-64(51-74(68)78(5,6)72(66)49-57)80(59-22-12-8-13-23-59)62-27-17-19-53(2)45-62/h7-51H,1-6H3. The fourth-order valence-corrected chi connectivity index (χ4v) is 13.1. The SMILES string of the molecule is Cc1cccc(N(c2ccccc2)c2ccc3c(c2)C(C)(C)c2cc(C=Cc4ccc5c(c4)c4cc(C=Cc6ccc7c(c6)C(C)(C)c6cc(N(c8ccccc8)c8cccc(C)c8)ccc6-7)ccc4n5-c4ccccc4)ccc2-3)c1. The molecular formula is C78H63N3. The first-order valence-electron chi connectivity index (χ1n) is 28.4. The number of anilines is 6. The van der Waals surface area contributed by atoms with Gasteiger partial charge in [-0.1, -0.05) is 192 Å². The molecule has 390 valence electrons. The number of fused-ring (bicyclic) bond motifs is 9. The maximum absolute atomic E-state index is 2.41. The van der Waals surface area contributed by atoms with E-state index < -0.39 is 0 Å². The molecule has 1 heterocycles. The van der Waals surface area contributed by atoms with E-state index in [9.17, 15) is 0 Å². The molecule has 0 atom stereocenters. The summed E-state index contributed by atoms with van der Waals surface area (Å²) in [7, 11) is 0. The van der Waals surface area contributed by atoms with Gasteiger partial charge in [0.2, 0.25) is 0 Å². The molecule has 0 fully saturated rings. The number of hydrogen-bond acceptors (Lipinski definition) is 2. The Balaban J connectivity index is 0.763. The number of aryl methyl sites for hydroxylation is 2. The Labute approximate surface area is 476 Å². The van der Waals surface area contributed by atoms with Crippen LogP contribution in [0.2, 0.25) is 0 Å². The zero-order chi connectivity index (χ0) is 55.0. The number of aromatic nitrogens is 1. The molecule has 3 nitrogen and oxygen atoms in total. The van der Waals surface area contributed by atoms with Gasteiger partial charge in [0.25, 0.3) is 0 Å². The van der Waals surface area contributed by atoms with Crippen LogP contribution in [0.1, 0.15) is 83.3 Å². The summed E-state index contributed by atoms with van der Waals surface area (Å²) in [4.78, 5) is 4.76. The highest BCUT2D eigenvalue weighted by Crippen LogP contribution is 2.53. The van der Waals surface area contributed by atoms with E-state index in [0.717, 1.165) is 50.9 Å². The van der Waals surface area contributed by atoms with Crippen LogP contribution in [0.5, 0.6) is 0 Å². The van der Waals surface area contributed by atoms with Crippen molar-refractivity contribution in [3.05, 3.63) is 304 Å². The largest absolute Gasteiger partial charge is 0.310 e. The molecule has 0 spiro atoms. The van der Waals surface area contributed by atoms with Crippen molar-refractivity contribution in [2.24, 2.45) is 0 Å². The van der Waals surface area contributed by atoms with Gasteiger partial charge < -0.3 is 14.4 Å². The topological polar surface area (TPSA) is 11.4 Å². The summed E-state index contributed by atoms with van der Waals surface area (Å²) in [5, 5.41) is 2.46. The summed E-state index contributed by atoms with van der Waals surface area (Å²) in [6.45, 7) is 13.8. The van der Waals surface area contributed by atoms with Crippen molar-refractivity contribution >= 4 is 80.2 Å². The zero-order valence-electron chi connectivity index (χ0n) is 46.8. The highest BCUT2D eigenvalue weighted by Gasteiger charge is 2.38. The minimum Gasteiger partial charge on any atom is -0.310 e. The highest BCUT2D eigenvalue weighted by molar-refractivity contribution is 6.11. The molecule has 3 heteroatoms. The summed E-state index contributed by atoms with van der Waals surface area (Å²) in [6.07, 6.45) is 9.12. The van der Waals surface area contributed by atoms with Crippen molar-refractivity contribution in [3.8, 4) is 27.9 Å². The highest BCUT2D eigenvalue weighted by atomic mass is 15.1. The van der Waals surface area contributed by atoms with E-state index in [-0.39, 0.29) is 10.8 Å². The smallest absolute Gasteiger partial charge is 0.0541 e. The molecule has 11 aromatic carbocycles. The Kier molecular flexibility index (Phi) is 12.0. The maximum atomic E-state index is 2.41. The lowest BCUT2D eigenvalue weighted by molar-refractivity contribution is 0.660. The Hall–Kier alpha value is -9.70. The number of benzene rings is 11. The van der Waals surface area contributed by atoms with Gasteiger partial charge in [-0.05, 0) is 201 Å². The molecule has 2 aliphatic carbocycles. The molecule has 0 saturated carbocycles. The predicted molar refractivity (Wildman–Crippen MR) is 345 cm³/mol. The first kappa shape index (κ1) is 49.6. The molecule has 1 aromatic heterocycles. The van der Waals surface area contributed by atoms with Gasteiger partial charge in [0.15, 0.2) is 0 Å². The Morgan fingerprint density at radius 1 is 0.296 bits per heavy atom. The van der Waals surface area contributed by atoms with Crippen LogP contribution in [0.15, 0.2) is 249 Å². The van der Waals surface area contributed by atoms with Gasteiger partial charge in [-0.15, -0.1) is 0 Å². The monoisotopic (exact) mass is 1040 g/mol. The van der Waals surface area contributed by atoms with Gasteiger partial charge in [0, 0.05) is 61.4 Å². The quantitative estimate of drug-likeness (QED) is 0.120. The van der Waals surface area contributed by atoms with Crippen LogP contribution in [-0.4, -0.2) is 4.57 Å². The second-order valence-electron chi connectivity index (χ2n) is 23.2. The third kappa shape index (κ3) is 8.69. The fraction of sp³-hybridized carbons (Fsp3) is 0.103. The molecule has 14 rings (SSSR count). The summed E-state index contributed by atoms with van der Waals surface area (Å²) in [5.74, 6) is 0. The summed E-state index contributed by atoms with van der Waals surface area (Å²) in [6, 6.07) is 91.7. The van der Waals surface area contributed by atoms with E-state index in [1.807, 2.05) is 0 Å². The lowest BCUT2D eigenvalue weighted by Gasteiger charge is -2.28. The van der Waals surface area contributed by atoms with E-state index in [0.29, 0.717) is 0 Å². The van der Waals surface area contributed by atoms with Gasteiger partial charge in [0.05, 0.1) is 11.0 Å². The van der Waals surface area contributed by atoms with Crippen molar-refractivity contribution in [1.82, 2.24) is 4.57 Å². The van der Waals surface area contributed by atoms with E-state index in [1.54, 1.807) is 0 Å². The Bertz CT molecular complexity index is 4210. The molecule has 0 bridgehead atoms. The van der Waals surface area contributed by atoms with Crippen LogP contribution >= 0.6 is 0 Å². The van der Waals surface area contributed by atoms with E-state index in [4.69, 9.17) is 0 Å². The molecule has 0 amide bonds. The lowest BCUT2D eigenvalue weighted by Crippen LogP contribution is -2.16. The molecule has 81 heavy (non-hydrogen) atoms. The van der Waals surface area contributed by atoms with Crippen LogP contribution in [0.25, 0.3) is 74.1 Å². The predicted octanol–water partition coefficient (Wildman–Crippen LogP) is 21.3. The molecule has 12 aromatic rings. The molecule has 0 saturated heterocycles.